The van der Waals surface area contributed by atoms with Gasteiger partial charge in [0.25, 0.3) is 0 Å². The van der Waals surface area contributed by atoms with Crippen LogP contribution in [-0.4, -0.2) is 22.8 Å². The minimum atomic E-state index is -0.991. The van der Waals surface area contributed by atoms with E-state index in [1.807, 2.05) is 0 Å². The molecule has 150 valence electrons. The first-order valence-corrected chi connectivity index (χ1v) is 10.6. The molecule has 3 rings (SSSR count). The summed E-state index contributed by atoms with van der Waals surface area (Å²) in [4.78, 5) is 24.5. The van der Waals surface area contributed by atoms with Gasteiger partial charge in [-0.3, -0.25) is 9.59 Å². The molecular weight excluding hydrogens is 336 g/mol. The molecule has 1 N–H and O–H groups in total. The van der Waals surface area contributed by atoms with Crippen LogP contribution in [0, 0.1) is 35.0 Å². The van der Waals surface area contributed by atoms with Crippen LogP contribution in [0.1, 0.15) is 73.1 Å². The van der Waals surface area contributed by atoms with Crippen LogP contribution in [0.25, 0.3) is 0 Å². The van der Waals surface area contributed by atoms with Crippen LogP contribution in [0.15, 0.2) is 23.3 Å². The molecule has 0 aromatic carbocycles. The zero-order valence-corrected chi connectivity index (χ0v) is 17.6. The van der Waals surface area contributed by atoms with Crippen molar-refractivity contribution < 1.29 is 14.7 Å². The molecule has 3 aliphatic rings. The molecule has 0 amide bonds. The van der Waals surface area contributed by atoms with E-state index in [1.165, 1.54) is 12.0 Å². The highest BCUT2D eigenvalue weighted by atomic mass is 16.3. The molecule has 0 aromatic rings. The van der Waals surface area contributed by atoms with Crippen LogP contribution in [0.5, 0.6) is 0 Å². The number of fused-ring (bicyclic) bond motifs is 2. The van der Waals surface area contributed by atoms with Crippen molar-refractivity contribution in [3.8, 4) is 0 Å². The smallest absolute Gasteiger partial charge is 0.146 e. The van der Waals surface area contributed by atoms with E-state index in [4.69, 9.17) is 0 Å². The highest BCUT2D eigenvalue weighted by molar-refractivity contribution is 5.94. The zero-order chi connectivity index (χ0) is 20.0. The van der Waals surface area contributed by atoms with Gasteiger partial charge >= 0.3 is 0 Å². The molecule has 0 aliphatic heterocycles. The average molecular weight is 373 g/mol. The molecule has 2 saturated carbocycles. The van der Waals surface area contributed by atoms with Crippen molar-refractivity contribution in [1.29, 1.82) is 0 Å². The predicted octanol–water partition coefficient (Wildman–Crippen LogP) is 4.89. The van der Waals surface area contributed by atoms with Gasteiger partial charge in [0, 0.05) is 12.3 Å². The largest absolute Gasteiger partial charge is 0.389 e. The molecule has 0 aromatic heterocycles. The molecule has 27 heavy (non-hydrogen) atoms. The van der Waals surface area contributed by atoms with E-state index in [1.54, 1.807) is 6.92 Å². The molecule has 3 heteroatoms. The van der Waals surface area contributed by atoms with Crippen LogP contribution in [0.4, 0.5) is 0 Å². The van der Waals surface area contributed by atoms with Crippen LogP contribution in [-0.2, 0) is 9.59 Å². The van der Waals surface area contributed by atoms with Gasteiger partial charge < -0.3 is 5.11 Å². The van der Waals surface area contributed by atoms with Gasteiger partial charge in [-0.1, -0.05) is 31.6 Å². The molecule has 0 spiro atoms. The Hall–Kier alpha value is -1.22. The minimum absolute atomic E-state index is 0.0417. The maximum Gasteiger partial charge on any atom is 0.146 e. The Morgan fingerprint density at radius 2 is 2.07 bits per heavy atom. The fourth-order valence-corrected chi connectivity index (χ4v) is 6.27. The van der Waals surface area contributed by atoms with Crippen molar-refractivity contribution in [2.24, 2.45) is 35.0 Å². The van der Waals surface area contributed by atoms with E-state index in [-0.39, 0.29) is 23.5 Å². The molecule has 0 unspecified atom stereocenters. The van der Waals surface area contributed by atoms with Crippen molar-refractivity contribution in [2.45, 2.75) is 78.7 Å². The summed E-state index contributed by atoms with van der Waals surface area (Å²) in [6, 6.07) is 0. The zero-order valence-electron chi connectivity index (χ0n) is 17.6. The van der Waals surface area contributed by atoms with Crippen LogP contribution < -0.4 is 0 Å². The summed E-state index contributed by atoms with van der Waals surface area (Å²) in [5, 5.41) is 10.9. The van der Waals surface area contributed by atoms with Gasteiger partial charge in [-0.2, -0.15) is 0 Å². The quantitative estimate of drug-likeness (QED) is 0.552. The van der Waals surface area contributed by atoms with E-state index in [0.717, 1.165) is 32.0 Å². The van der Waals surface area contributed by atoms with Crippen molar-refractivity contribution in [3.63, 3.8) is 0 Å². The van der Waals surface area contributed by atoms with Crippen molar-refractivity contribution >= 4 is 12.1 Å². The summed E-state index contributed by atoms with van der Waals surface area (Å²) < 4.78 is 0. The van der Waals surface area contributed by atoms with Gasteiger partial charge in [-0.05, 0) is 81.6 Å². The lowest BCUT2D eigenvalue weighted by molar-refractivity contribution is -0.121. The fourth-order valence-electron chi connectivity index (χ4n) is 6.27. The first-order valence-electron chi connectivity index (χ1n) is 10.6. The summed E-state index contributed by atoms with van der Waals surface area (Å²) in [7, 11) is 0. The number of ketones is 1. The molecule has 7 atom stereocenters. The molecule has 0 heterocycles. The summed E-state index contributed by atoms with van der Waals surface area (Å²) in [6.45, 7) is 10.7. The molecular formula is C24H36O3. The first-order chi connectivity index (χ1) is 12.6. The highest BCUT2D eigenvalue weighted by Gasteiger charge is 2.57. The standard InChI is InChI=1S/C24H36O3/c1-15(2)7-6-8-16(3)18-9-10-23(4)12-20-22(17(14-25)11-19(18)23)21(26)13-24(20,5)27/h7,11,14,16,18-20,22,27H,6,8-10,12-13H2,1-5H3/t16-,18+,19-,20-,22-,23+,24+/m0/s1. The van der Waals surface area contributed by atoms with E-state index in [0.29, 0.717) is 23.3 Å². The fraction of sp³-hybridized carbons (Fsp3) is 0.750. The van der Waals surface area contributed by atoms with Gasteiger partial charge in [-0.25, -0.2) is 0 Å². The number of rotatable bonds is 5. The molecule has 3 aliphatic carbocycles. The number of hydrogen-bond donors (Lipinski definition) is 1. The van der Waals surface area contributed by atoms with Crippen molar-refractivity contribution in [1.82, 2.24) is 0 Å². The third kappa shape index (κ3) is 3.72. The van der Waals surface area contributed by atoms with E-state index in [2.05, 4.69) is 39.8 Å². The van der Waals surface area contributed by atoms with E-state index in [9.17, 15) is 14.7 Å². The Morgan fingerprint density at radius 1 is 1.37 bits per heavy atom. The third-order valence-electron chi connectivity index (χ3n) is 7.85. The molecule has 2 fully saturated rings. The van der Waals surface area contributed by atoms with Crippen LogP contribution in [0.2, 0.25) is 0 Å². The summed E-state index contributed by atoms with van der Waals surface area (Å²) in [5.41, 5.74) is 1.08. The average Bonchev–Trinajstić information content (AvgIpc) is 2.93. The lowest BCUT2D eigenvalue weighted by Gasteiger charge is -2.38. The lowest BCUT2D eigenvalue weighted by atomic mass is 9.68. The van der Waals surface area contributed by atoms with Crippen LogP contribution in [0.3, 0.4) is 0 Å². The lowest BCUT2D eigenvalue weighted by Crippen LogP contribution is -2.36. The van der Waals surface area contributed by atoms with Gasteiger partial charge in [0.05, 0.1) is 11.5 Å². The van der Waals surface area contributed by atoms with Gasteiger partial charge in [0.2, 0.25) is 0 Å². The predicted molar refractivity (Wildman–Crippen MR) is 108 cm³/mol. The van der Waals surface area contributed by atoms with Gasteiger partial charge in [0.15, 0.2) is 0 Å². The van der Waals surface area contributed by atoms with Crippen LogP contribution >= 0.6 is 0 Å². The van der Waals surface area contributed by atoms with Crippen molar-refractivity contribution in [2.75, 3.05) is 0 Å². The van der Waals surface area contributed by atoms with E-state index >= 15 is 0 Å². The summed E-state index contributed by atoms with van der Waals surface area (Å²) in [5.74, 6) is 0.978. The SMILES string of the molecule is CC(C)=CCC[C@H](C)[C@H]1CC[C@]2(C)C[C@H]3[C@@H](C(=O)C[C@@]3(C)O)C(C=O)=C[C@@H]12. The number of aldehydes is 1. The second-order valence-electron chi connectivity index (χ2n) is 10.3. The monoisotopic (exact) mass is 372 g/mol. The normalized spacial score (nSPS) is 42.0. The Morgan fingerprint density at radius 3 is 2.70 bits per heavy atom. The maximum absolute atomic E-state index is 12.6. The summed E-state index contributed by atoms with van der Waals surface area (Å²) >= 11 is 0. The Balaban J connectivity index is 1.90. The second-order valence-corrected chi connectivity index (χ2v) is 10.3. The molecule has 0 bridgehead atoms. The molecule has 3 nitrogen and oxygen atoms in total. The Kier molecular flexibility index (Phi) is 5.55. The third-order valence-corrected chi connectivity index (χ3v) is 7.85. The molecule has 0 radical (unpaired) electrons. The van der Waals surface area contributed by atoms with E-state index < -0.39 is 11.5 Å². The summed E-state index contributed by atoms with van der Waals surface area (Å²) in [6.07, 6.45) is 10.9. The van der Waals surface area contributed by atoms with Crippen molar-refractivity contribution in [3.05, 3.63) is 23.3 Å². The number of carbonyl (C=O) groups is 2. The maximum atomic E-state index is 12.6. The number of Topliss-reactive ketones (excluding diaryl/α,β-unsaturated/α-hetero) is 1. The Labute approximate surface area is 164 Å². The topological polar surface area (TPSA) is 54.4 Å². The highest BCUT2D eigenvalue weighted by Crippen LogP contribution is 2.60. The number of hydrogen-bond acceptors (Lipinski definition) is 3. The van der Waals surface area contributed by atoms with Gasteiger partial charge in [0.1, 0.15) is 12.1 Å². The Bertz CT molecular complexity index is 667. The number of aliphatic hydroxyl groups is 1. The van der Waals surface area contributed by atoms with Gasteiger partial charge in [-0.15, -0.1) is 0 Å². The number of carbonyl (C=O) groups excluding carboxylic acids is 2. The molecule has 0 saturated heterocycles. The number of allylic oxidation sites excluding steroid dienone is 4. The first kappa shape index (κ1) is 20.5. The second kappa shape index (κ2) is 7.31. The minimum Gasteiger partial charge on any atom is -0.389 e.